The van der Waals surface area contributed by atoms with Crippen LogP contribution in [0.25, 0.3) is 6.08 Å². The third kappa shape index (κ3) is 4.21. The van der Waals surface area contributed by atoms with E-state index in [9.17, 15) is 9.59 Å². The molecular formula is C23H20N2O4. The summed E-state index contributed by atoms with van der Waals surface area (Å²) in [5.41, 5.74) is 2.50. The van der Waals surface area contributed by atoms with E-state index in [0.29, 0.717) is 17.2 Å². The number of anilines is 1. The van der Waals surface area contributed by atoms with Crippen LogP contribution in [0.15, 0.2) is 77.1 Å². The highest BCUT2D eigenvalue weighted by atomic mass is 16.5. The van der Waals surface area contributed by atoms with Gasteiger partial charge in [0, 0.05) is 0 Å². The molecule has 1 aliphatic rings. The number of hydrogen-bond donors (Lipinski definition) is 1. The number of carbonyl (C=O) groups excluding carboxylic acids is 2. The molecule has 29 heavy (non-hydrogen) atoms. The molecule has 1 aromatic heterocycles. The van der Waals surface area contributed by atoms with Crippen molar-refractivity contribution in [2.24, 2.45) is 0 Å². The van der Waals surface area contributed by atoms with E-state index in [1.165, 1.54) is 4.90 Å². The van der Waals surface area contributed by atoms with Crippen molar-refractivity contribution in [3.05, 3.63) is 89.6 Å². The summed E-state index contributed by atoms with van der Waals surface area (Å²) in [6, 6.07) is 18.5. The molecule has 0 fully saturated rings. The number of benzene rings is 2. The fourth-order valence-corrected chi connectivity index (χ4v) is 3.13. The normalized spacial score (nSPS) is 14.4. The molecule has 0 unspecified atom stereocenters. The number of aryl methyl sites for hydroxylation is 1. The quantitative estimate of drug-likeness (QED) is 0.677. The highest BCUT2D eigenvalue weighted by Crippen LogP contribution is 2.35. The van der Waals surface area contributed by atoms with E-state index >= 15 is 0 Å². The van der Waals surface area contributed by atoms with Gasteiger partial charge in [0.1, 0.15) is 12.3 Å². The fourth-order valence-electron chi connectivity index (χ4n) is 3.13. The zero-order valence-corrected chi connectivity index (χ0v) is 15.9. The Morgan fingerprint density at radius 2 is 1.97 bits per heavy atom. The molecule has 0 bridgehead atoms. The summed E-state index contributed by atoms with van der Waals surface area (Å²) < 4.78 is 11.1. The van der Waals surface area contributed by atoms with E-state index in [0.717, 1.165) is 11.1 Å². The average Bonchev–Trinajstić information content (AvgIpc) is 3.23. The number of carbonyl (C=O) groups is 2. The van der Waals surface area contributed by atoms with E-state index in [-0.39, 0.29) is 30.7 Å². The molecule has 3 aromatic rings. The first-order valence-electron chi connectivity index (χ1n) is 9.26. The standard InChI is InChI=1S/C23H20N2O4/c1-16-6-4-7-17(12-16)13-21-23(27)25(19-9-2-3-10-20(19)29-21)15-22(26)24-14-18-8-5-11-28-18/h2-13H,14-15H2,1H3,(H,24,26). The Kier molecular flexibility index (Phi) is 5.16. The Labute approximate surface area is 168 Å². The van der Waals surface area contributed by atoms with E-state index in [1.807, 2.05) is 37.3 Å². The second-order valence-electron chi connectivity index (χ2n) is 6.74. The van der Waals surface area contributed by atoms with Crippen LogP contribution >= 0.6 is 0 Å². The lowest BCUT2D eigenvalue weighted by Gasteiger charge is -2.30. The van der Waals surface area contributed by atoms with Gasteiger partial charge in [-0.2, -0.15) is 0 Å². The first kappa shape index (κ1) is 18.6. The van der Waals surface area contributed by atoms with Gasteiger partial charge in [0.25, 0.3) is 5.91 Å². The molecule has 2 amide bonds. The van der Waals surface area contributed by atoms with Gasteiger partial charge in [-0.15, -0.1) is 0 Å². The van der Waals surface area contributed by atoms with Gasteiger partial charge in [-0.3, -0.25) is 14.5 Å². The van der Waals surface area contributed by atoms with Crippen molar-refractivity contribution in [3.8, 4) is 5.75 Å². The molecule has 0 saturated carbocycles. The van der Waals surface area contributed by atoms with Crippen LogP contribution in [0.1, 0.15) is 16.9 Å². The predicted molar refractivity (Wildman–Crippen MR) is 109 cm³/mol. The van der Waals surface area contributed by atoms with Crippen molar-refractivity contribution in [1.82, 2.24) is 5.32 Å². The van der Waals surface area contributed by atoms with Gasteiger partial charge >= 0.3 is 0 Å². The molecule has 0 saturated heterocycles. The molecule has 1 N–H and O–H groups in total. The van der Waals surface area contributed by atoms with E-state index in [1.54, 1.807) is 42.7 Å². The number of furan rings is 1. The molecule has 0 atom stereocenters. The Hall–Kier alpha value is -3.80. The second-order valence-corrected chi connectivity index (χ2v) is 6.74. The Morgan fingerprint density at radius 1 is 1.10 bits per heavy atom. The molecule has 6 heteroatoms. The van der Waals surface area contributed by atoms with Gasteiger partial charge in [-0.1, -0.05) is 42.0 Å². The second kappa shape index (κ2) is 8.06. The number of fused-ring (bicyclic) bond motifs is 1. The molecule has 146 valence electrons. The molecule has 2 heterocycles. The first-order valence-corrected chi connectivity index (χ1v) is 9.26. The molecule has 0 aliphatic carbocycles. The van der Waals surface area contributed by atoms with Gasteiger partial charge in [0.2, 0.25) is 5.91 Å². The summed E-state index contributed by atoms with van der Waals surface area (Å²) in [4.78, 5) is 27.0. The van der Waals surface area contributed by atoms with E-state index in [2.05, 4.69) is 5.32 Å². The van der Waals surface area contributed by atoms with Crippen molar-refractivity contribution >= 4 is 23.6 Å². The molecule has 2 aromatic carbocycles. The molecule has 0 spiro atoms. The van der Waals surface area contributed by atoms with E-state index < -0.39 is 0 Å². The zero-order chi connectivity index (χ0) is 20.2. The van der Waals surface area contributed by atoms with Gasteiger partial charge in [-0.25, -0.2) is 0 Å². The maximum atomic E-state index is 13.1. The number of nitrogens with zero attached hydrogens (tertiary/aromatic N) is 1. The summed E-state index contributed by atoms with van der Waals surface area (Å²) in [6.07, 6.45) is 3.24. The van der Waals surface area contributed by atoms with Crippen molar-refractivity contribution in [2.45, 2.75) is 13.5 Å². The van der Waals surface area contributed by atoms with Crippen LogP contribution in [0.4, 0.5) is 5.69 Å². The number of rotatable bonds is 5. The number of para-hydroxylation sites is 2. The molecular weight excluding hydrogens is 368 g/mol. The lowest BCUT2D eigenvalue weighted by molar-refractivity contribution is -0.123. The topological polar surface area (TPSA) is 71.8 Å². The first-order chi connectivity index (χ1) is 14.1. The third-order valence-corrected chi connectivity index (χ3v) is 4.51. The Balaban J connectivity index is 1.58. The number of nitrogens with one attached hydrogen (secondary N) is 1. The van der Waals surface area contributed by atoms with Crippen LogP contribution in [0, 0.1) is 6.92 Å². The largest absolute Gasteiger partial charge is 0.467 e. The SMILES string of the molecule is Cc1cccc(C=C2Oc3ccccc3N(CC(=O)NCc3ccco3)C2=O)c1. The summed E-state index contributed by atoms with van der Waals surface area (Å²) in [6.45, 7) is 2.12. The van der Waals surface area contributed by atoms with Crippen LogP contribution in [-0.4, -0.2) is 18.4 Å². The van der Waals surface area contributed by atoms with Gasteiger partial charge in [-0.05, 0) is 42.8 Å². The van der Waals surface area contributed by atoms with Crippen molar-refractivity contribution in [1.29, 1.82) is 0 Å². The monoisotopic (exact) mass is 388 g/mol. The maximum absolute atomic E-state index is 13.1. The highest BCUT2D eigenvalue weighted by Gasteiger charge is 2.31. The number of amides is 2. The molecule has 6 nitrogen and oxygen atoms in total. The number of hydrogen-bond acceptors (Lipinski definition) is 4. The van der Waals surface area contributed by atoms with Crippen molar-refractivity contribution < 1.29 is 18.7 Å². The summed E-state index contributed by atoms with van der Waals surface area (Å²) in [5.74, 6) is 0.699. The highest BCUT2D eigenvalue weighted by molar-refractivity contribution is 6.12. The van der Waals surface area contributed by atoms with Crippen molar-refractivity contribution in [2.75, 3.05) is 11.4 Å². The van der Waals surface area contributed by atoms with E-state index in [4.69, 9.17) is 9.15 Å². The average molecular weight is 388 g/mol. The van der Waals surface area contributed by atoms with Crippen LogP contribution in [0.3, 0.4) is 0 Å². The maximum Gasteiger partial charge on any atom is 0.294 e. The smallest absolute Gasteiger partial charge is 0.294 e. The van der Waals surface area contributed by atoms with Gasteiger partial charge < -0.3 is 14.5 Å². The van der Waals surface area contributed by atoms with Crippen molar-refractivity contribution in [3.63, 3.8) is 0 Å². The summed E-state index contributed by atoms with van der Waals surface area (Å²) in [5, 5.41) is 2.77. The lowest BCUT2D eigenvalue weighted by Crippen LogP contribution is -2.44. The minimum Gasteiger partial charge on any atom is -0.467 e. The fraction of sp³-hybridized carbons (Fsp3) is 0.130. The van der Waals surface area contributed by atoms with Crippen LogP contribution in [-0.2, 0) is 16.1 Å². The number of ether oxygens (including phenoxy) is 1. The molecule has 0 radical (unpaired) electrons. The Bertz CT molecular complexity index is 1070. The molecule has 1 aliphatic heterocycles. The predicted octanol–water partition coefficient (Wildman–Crippen LogP) is 3.67. The third-order valence-electron chi connectivity index (χ3n) is 4.51. The summed E-state index contributed by atoms with van der Waals surface area (Å²) >= 11 is 0. The minimum absolute atomic E-state index is 0.120. The van der Waals surface area contributed by atoms with Crippen LogP contribution in [0.2, 0.25) is 0 Å². The van der Waals surface area contributed by atoms with Gasteiger partial charge in [0.05, 0.1) is 18.5 Å². The zero-order valence-electron chi connectivity index (χ0n) is 15.9. The van der Waals surface area contributed by atoms with Crippen LogP contribution < -0.4 is 15.0 Å². The lowest BCUT2D eigenvalue weighted by atomic mass is 10.1. The minimum atomic E-state index is -0.363. The Morgan fingerprint density at radius 3 is 2.76 bits per heavy atom. The van der Waals surface area contributed by atoms with Gasteiger partial charge in [0.15, 0.2) is 11.5 Å². The van der Waals surface area contributed by atoms with Crippen LogP contribution in [0.5, 0.6) is 5.75 Å². The molecule has 4 rings (SSSR count). The summed E-state index contributed by atoms with van der Waals surface area (Å²) in [7, 11) is 0.